The molecule has 2 aromatic carbocycles. The van der Waals surface area contributed by atoms with E-state index >= 15 is 0 Å². The molecule has 0 saturated heterocycles. The first kappa shape index (κ1) is 24.5. The zero-order chi connectivity index (χ0) is 25.1. The lowest BCUT2D eigenvalue weighted by Gasteiger charge is -2.24. The van der Waals surface area contributed by atoms with E-state index in [-0.39, 0.29) is 24.3 Å². The monoisotopic (exact) mass is 510 g/mol. The van der Waals surface area contributed by atoms with Crippen molar-refractivity contribution in [3.05, 3.63) is 95.4 Å². The normalized spacial score (nSPS) is 15.3. The van der Waals surface area contributed by atoms with Crippen molar-refractivity contribution >= 4 is 35.0 Å². The Morgan fingerprint density at radius 1 is 1.31 bits per heavy atom. The minimum Gasteiger partial charge on any atom is -0.480 e. The Morgan fingerprint density at radius 2 is 2.06 bits per heavy atom. The number of allylic oxidation sites excluding steroid dienone is 1. The molecule has 1 aliphatic heterocycles. The standard InChI is InChI=1S/C26H20ClFN2O4S/c1-4-12-34-20-11-8-18(27)13-17(20)14-21-24(31)30-23(16-6-9-19(28)10-7-16)22(25(32)33-5-2)15(3)29-26(30)35-21/h1,6-11,13-14,23H,5,12H2,2-3H3/b21-14-/t23-/m0/s1. The first-order chi connectivity index (χ1) is 16.8. The highest BCUT2D eigenvalue weighted by Crippen LogP contribution is 2.31. The van der Waals surface area contributed by atoms with Crippen molar-refractivity contribution < 1.29 is 18.7 Å². The second-order valence-corrected chi connectivity index (χ2v) is 8.97. The quantitative estimate of drug-likeness (QED) is 0.375. The Bertz CT molecular complexity index is 1550. The number of halogens is 2. The molecule has 4 rings (SSSR count). The number of carbonyl (C=O) groups is 1. The van der Waals surface area contributed by atoms with Crippen molar-refractivity contribution in [2.45, 2.75) is 19.9 Å². The molecule has 1 atom stereocenters. The van der Waals surface area contributed by atoms with Gasteiger partial charge in [-0.25, -0.2) is 14.2 Å². The van der Waals surface area contributed by atoms with Crippen LogP contribution in [0.1, 0.15) is 31.0 Å². The Labute approximate surface area is 209 Å². The molecule has 2 heterocycles. The van der Waals surface area contributed by atoms with Crippen molar-refractivity contribution in [2.75, 3.05) is 13.2 Å². The number of benzene rings is 2. The summed E-state index contributed by atoms with van der Waals surface area (Å²) in [5.41, 5.74) is 1.39. The highest BCUT2D eigenvalue weighted by atomic mass is 35.5. The van der Waals surface area contributed by atoms with Crippen LogP contribution >= 0.6 is 22.9 Å². The van der Waals surface area contributed by atoms with E-state index in [9.17, 15) is 14.0 Å². The first-order valence-corrected chi connectivity index (χ1v) is 11.8. The summed E-state index contributed by atoms with van der Waals surface area (Å²) < 4.78 is 26.3. The number of terminal acetylenes is 1. The number of nitrogens with zero attached hydrogens (tertiary/aromatic N) is 2. The fourth-order valence-electron chi connectivity index (χ4n) is 3.78. The van der Waals surface area contributed by atoms with Gasteiger partial charge in [-0.2, -0.15) is 0 Å². The highest BCUT2D eigenvalue weighted by molar-refractivity contribution is 7.07. The van der Waals surface area contributed by atoms with Crippen LogP contribution in [0.4, 0.5) is 4.39 Å². The number of rotatable bonds is 6. The maximum absolute atomic E-state index is 13.7. The van der Waals surface area contributed by atoms with Crippen molar-refractivity contribution in [2.24, 2.45) is 4.99 Å². The lowest BCUT2D eigenvalue weighted by atomic mass is 9.96. The highest BCUT2D eigenvalue weighted by Gasteiger charge is 2.33. The van der Waals surface area contributed by atoms with Crippen LogP contribution in [0.2, 0.25) is 5.02 Å². The van der Waals surface area contributed by atoms with Crippen LogP contribution in [0.3, 0.4) is 0 Å². The van der Waals surface area contributed by atoms with Crippen LogP contribution in [0, 0.1) is 18.2 Å². The van der Waals surface area contributed by atoms with Gasteiger partial charge in [0.15, 0.2) is 4.80 Å². The zero-order valence-corrected chi connectivity index (χ0v) is 20.5. The fraction of sp³-hybridized carbons (Fsp3) is 0.192. The van der Waals surface area contributed by atoms with Gasteiger partial charge in [-0.1, -0.05) is 41.0 Å². The average Bonchev–Trinajstić information content (AvgIpc) is 3.12. The molecule has 0 radical (unpaired) electrons. The summed E-state index contributed by atoms with van der Waals surface area (Å²) in [4.78, 5) is 31.4. The van der Waals surface area contributed by atoms with Crippen LogP contribution in [0.25, 0.3) is 6.08 Å². The largest absolute Gasteiger partial charge is 0.480 e. The zero-order valence-electron chi connectivity index (χ0n) is 18.9. The van der Waals surface area contributed by atoms with Crippen molar-refractivity contribution in [3.8, 4) is 18.1 Å². The second-order valence-electron chi connectivity index (χ2n) is 7.53. The van der Waals surface area contributed by atoms with Crippen LogP contribution < -0.4 is 19.6 Å². The predicted molar refractivity (Wildman–Crippen MR) is 133 cm³/mol. The molecule has 1 aromatic heterocycles. The van der Waals surface area contributed by atoms with Gasteiger partial charge in [0.2, 0.25) is 0 Å². The molecule has 35 heavy (non-hydrogen) atoms. The van der Waals surface area contributed by atoms with Gasteiger partial charge >= 0.3 is 5.97 Å². The number of aromatic nitrogens is 1. The van der Waals surface area contributed by atoms with Gasteiger partial charge in [0.25, 0.3) is 5.56 Å². The summed E-state index contributed by atoms with van der Waals surface area (Å²) in [5.74, 6) is 1.86. The molecule has 0 bridgehead atoms. The predicted octanol–water partition coefficient (Wildman–Crippen LogP) is 3.60. The van der Waals surface area contributed by atoms with Gasteiger partial charge in [0.1, 0.15) is 18.2 Å². The molecular formula is C26H20ClFN2O4S. The third-order valence-corrected chi connectivity index (χ3v) is 6.49. The van der Waals surface area contributed by atoms with Crippen molar-refractivity contribution in [1.29, 1.82) is 0 Å². The van der Waals surface area contributed by atoms with E-state index in [1.807, 2.05) is 0 Å². The Balaban J connectivity index is 1.94. The summed E-state index contributed by atoms with van der Waals surface area (Å²) in [6.07, 6.45) is 6.96. The minimum atomic E-state index is -0.829. The second kappa shape index (κ2) is 10.3. The van der Waals surface area contributed by atoms with Gasteiger partial charge in [-0.3, -0.25) is 9.36 Å². The summed E-state index contributed by atoms with van der Waals surface area (Å²) in [6, 6.07) is 9.82. The molecule has 6 nitrogen and oxygen atoms in total. The van der Waals surface area contributed by atoms with Crippen LogP contribution in [-0.4, -0.2) is 23.8 Å². The smallest absolute Gasteiger partial charge is 0.338 e. The van der Waals surface area contributed by atoms with E-state index < -0.39 is 17.8 Å². The van der Waals surface area contributed by atoms with Crippen LogP contribution in [-0.2, 0) is 9.53 Å². The van der Waals surface area contributed by atoms with E-state index in [1.165, 1.54) is 28.8 Å². The number of fused-ring (bicyclic) bond motifs is 1. The number of ether oxygens (including phenoxy) is 2. The van der Waals surface area contributed by atoms with Crippen molar-refractivity contribution in [3.63, 3.8) is 0 Å². The van der Waals surface area contributed by atoms with Crippen molar-refractivity contribution in [1.82, 2.24) is 4.57 Å². The van der Waals surface area contributed by atoms with Gasteiger partial charge < -0.3 is 9.47 Å². The summed E-state index contributed by atoms with van der Waals surface area (Å²) in [5, 5.41) is 0.460. The van der Waals surface area contributed by atoms with Crippen LogP contribution in [0.15, 0.2) is 63.5 Å². The molecule has 0 saturated carbocycles. The van der Waals surface area contributed by atoms with E-state index in [1.54, 1.807) is 38.1 Å². The SMILES string of the molecule is C#CCOc1ccc(Cl)cc1/C=c1\sc2n(c1=O)[C@@H](c1ccc(F)cc1)C(C(=O)OCC)=C(C)N=2. The number of thiazole rings is 1. The minimum absolute atomic E-state index is 0.0520. The molecule has 1 aliphatic rings. The molecule has 9 heteroatoms. The number of hydrogen-bond acceptors (Lipinski definition) is 6. The van der Waals surface area contributed by atoms with Gasteiger partial charge in [0, 0.05) is 10.6 Å². The lowest BCUT2D eigenvalue weighted by Crippen LogP contribution is -2.39. The molecule has 3 aromatic rings. The summed E-state index contributed by atoms with van der Waals surface area (Å²) in [7, 11) is 0. The number of carbonyl (C=O) groups excluding carboxylic acids is 1. The van der Waals surface area contributed by atoms with E-state index in [4.69, 9.17) is 27.5 Å². The Morgan fingerprint density at radius 3 is 2.74 bits per heavy atom. The topological polar surface area (TPSA) is 69.9 Å². The molecule has 0 spiro atoms. The Hall–Kier alpha value is -3.67. The molecule has 0 unspecified atom stereocenters. The third kappa shape index (κ3) is 4.92. The maximum atomic E-state index is 13.7. The third-order valence-electron chi connectivity index (χ3n) is 5.27. The molecule has 0 fully saturated rings. The van der Waals surface area contributed by atoms with Crippen LogP contribution in [0.5, 0.6) is 5.75 Å². The van der Waals surface area contributed by atoms with Gasteiger partial charge in [0.05, 0.1) is 28.5 Å². The van der Waals surface area contributed by atoms with E-state index in [2.05, 4.69) is 10.9 Å². The van der Waals surface area contributed by atoms with Gasteiger partial charge in [-0.15, -0.1) is 6.42 Å². The first-order valence-electron chi connectivity index (χ1n) is 10.6. The summed E-state index contributed by atoms with van der Waals surface area (Å²) in [6.45, 7) is 3.59. The summed E-state index contributed by atoms with van der Waals surface area (Å²) >= 11 is 7.33. The average molecular weight is 511 g/mol. The van der Waals surface area contributed by atoms with E-state index in [0.29, 0.717) is 36.9 Å². The lowest BCUT2D eigenvalue weighted by molar-refractivity contribution is -0.139. The maximum Gasteiger partial charge on any atom is 0.338 e. The fourth-order valence-corrected chi connectivity index (χ4v) is 4.99. The van der Waals surface area contributed by atoms with E-state index in [0.717, 1.165) is 11.3 Å². The molecule has 0 amide bonds. The number of esters is 1. The molecule has 0 N–H and O–H groups in total. The molecular weight excluding hydrogens is 491 g/mol. The molecule has 178 valence electrons. The van der Waals surface area contributed by atoms with Gasteiger partial charge in [-0.05, 0) is 55.8 Å². The molecule has 0 aliphatic carbocycles. The number of hydrogen-bond donors (Lipinski definition) is 0. The Kier molecular flexibility index (Phi) is 7.20.